The summed E-state index contributed by atoms with van der Waals surface area (Å²) in [5.41, 5.74) is 0.143. The van der Waals surface area contributed by atoms with Gasteiger partial charge in [-0.15, -0.1) is 0 Å². The molecule has 0 aromatic heterocycles. The van der Waals surface area contributed by atoms with Crippen molar-refractivity contribution in [1.29, 1.82) is 0 Å². The molecule has 1 heterocycles. The lowest BCUT2D eigenvalue weighted by atomic mass is 9.89. The molecule has 0 bridgehead atoms. The van der Waals surface area contributed by atoms with E-state index >= 15 is 0 Å². The number of aliphatic hydroxyl groups is 1. The van der Waals surface area contributed by atoms with Crippen LogP contribution >= 0.6 is 11.6 Å². The summed E-state index contributed by atoms with van der Waals surface area (Å²) in [6, 6.07) is 7.37. The summed E-state index contributed by atoms with van der Waals surface area (Å²) in [5, 5.41) is 10.6. The van der Waals surface area contributed by atoms with Crippen LogP contribution in [0.25, 0.3) is 6.08 Å². The molecule has 0 aliphatic carbocycles. The fraction of sp³-hybridized carbons (Fsp3) is 0.400. The van der Waals surface area contributed by atoms with E-state index in [0.717, 1.165) is 18.4 Å². The van der Waals surface area contributed by atoms with E-state index in [-0.39, 0.29) is 5.91 Å². The summed E-state index contributed by atoms with van der Waals surface area (Å²) >= 11 is 6.01. The average Bonchev–Trinajstić information content (AvgIpc) is 2.35. The first-order valence-electron chi connectivity index (χ1n) is 6.48. The normalized spacial score (nSPS) is 17.5. The first-order valence-corrected chi connectivity index (χ1v) is 6.86. The van der Waals surface area contributed by atoms with Gasteiger partial charge in [0, 0.05) is 11.1 Å². The molecular formula is C15H18ClNO2. The fourth-order valence-electron chi connectivity index (χ4n) is 2.32. The Balaban J connectivity index is 1.91. The molecule has 0 saturated carbocycles. The second kappa shape index (κ2) is 5.76. The average molecular weight is 280 g/mol. The lowest BCUT2D eigenvalue weighted by molar-refractivity contribution is -0.151. The van der Waals surface area contributed by atoms with Gasteiger partial charge in [0.05, 0.1) is 18.7 Å². The smallest absolute Gasteiger partial charge is 0.246 e. The zero-order valence-electron chi connectivity index (χ0n) is 11.0. The van der Waals surface area contributed by atoms with Crippen LogP contribution in [0.3, 0.4) is 0 Å². The van der Waals surface area contributed by atoms with Gasteiger partial charge >= 0.3 is 0 Å². The van der Waals surface area contributed by atoms with Gasteiger partial charge in [0.15, 0.2) is 0 Å². The van der Waals surface area contributed by atoms with E-state index in [0.29, 0.717) is 18.1 Å². The molecule has 1 saturated heterocycles. The third kappa shape index (κ3) is 3.37. The summed E-state index contributed by atoms with van der Waals surface area (Å²) in [5.74, 6) is -0.0827. The van der Waals surface area contributed by atoms with E-state index in [9.17, 15) is 9.90 Å². The summed E-state index contributed by atoms with van der Waals surface area (Å²) < 4.78 is 0. The lowest BCUT2D eigenvalue weighted by Gasteiger charge is -2.46. The zero-order chi connectivity index (χ0) is 13.9. The predicted octanol–water partition coefficient (Wildman–Crippen LogP) is 2.73. The molecule has 1 aliphatic heterocycles. The molecule has 1 fully saturated rings. The summed E-state index contributed by atoms with van der Waals surface area (Å²) in [4.78, 5) is 13.5. The van der Waals surface area contributed by atoms with E-state index in [1.54, 1.807) is 17.0 Å². The van der Waals surface area contributed by atoms with Crippen LogP contribution in [-0.4, -0.2) is 34.6 Å². The number of carbonyl (C=O) groups excluding carboxylic acids is 1. The largest absolute Gasteiger partial charge is 0.386 e. The highest BCUT2D eigenvalue weighted by Gasteiger charge is 2.41. The van der Waals surface area contributed by atoms with Gasteiger partial charge in [-0.3, -0.25) is 4.79 Å². The minimum Gasteiger partial charge on any atom is -0.386 e. The Bertz CT molecular complexity index is 493. The molecule has 0 spiro atoms. The van der Waals surface area contributed by atoms with Gasteiger partial charge in [-0.25, -0.2) is 0 Å². The minimum atomic E-state index is -0.678. The second-order valence-corrected chi connectivity index (χ2v) is 5.43. The van der Waals surface area contributed by atoms with Crippen molar-refractivity contribution in [2.75, 3.05) is 13.1 Å². The highest BCUT2D eigenvalue weighted by Crippen LogP contribution is 2.26. The van der Waals surface area contributed by atoms with E-state index in [2.05, 4.69) is 0 Å². The van der Waals surface area contributed by atoms with Crippen LogP contribution in [-0.2, 0) is 4.79 Å². The number of nitrogens with zero attached hydrogens (tertiary/aromatic N) is 1. The van der Waals surface area contributed by atoms with Gasteiger partial charge in [0.2, 0.25) is 5.91 Å². The third-order valence-electron chi connectivity index (χ3n) is 3.31. The first-order chi connectivity index (χ1) is 9.04. The van der Waals surface area contributed by atoms with Crippen molar-refractivity contribution < 1.29 is 9.90 Å². The molecule has 1 aliphatic rings. The van der Waals surface area contributed by atoms with Gasteiger partial charge in [-0.05, 0) is 24.1 Å². The number of amides is 1. The topological polar surface area (TPSA) is 40.5 Å². The van der Waals surface area contributed by atoms with Crippen LogP contribution in [0.5, 0.6) is 0 Å². The fourth-order valence-corrected chi connectivity index (χ4v) is 2.52. The maximum atomic E-state index is 11.9. The van der Waals surface area contributed by atoms with Gasteiger partial charge in [-0.1, -0.05) is 43.1 Å². The molecule has 1 aromatic carbocycles. The minimum absolute atomic E-state index is 0.0827. The van der Waals surface area contributed by atoms with Gasteiger partial charge < -0.3 is 10.0 Å². The highest BCUT2D eigenvalue weighted by atomic mass is 35.5. The third-order valence-corrected chi connectivity index (χ3v) is 3.65. The van der Waals surface area contributed by atoms with Crippen molar-refractivity contribution >= 4 is 23.6 Å². The molecule has 2 rings (SSSR count). The van der Waals surface area contributed by atoms with Crippen molar-refractivity contribution in [3.8, 4) is 0 Å². The van der Waals surface area contributed by atoms with Crippen LogP contribution in [0.2, 0.25) is 5.02 Å². The van der Waals surface area contributed by atoms with E-state index in [1.165, 1.54) is 6.08 Å². The van der Waals surface area contributed by atoms with Crippen molar-refractivity contribution in [3.63, 3.8) is 0 Å². The number of hydrogen-bond acceptors (Lipinski definition) is 2. The van der Waals surface area contributed by atoms with Crippen LogP contribution in [0.15, 0.2) is 30.3 Å². The Morgan fingerprint density at radius 1 is 1.47 bits per heavy atom. The Kier molecular flexibility index (Phi) is 4.27. The Morgan fingerprint density at radius 2 is 2.16 bits per heavy atom. The van der Waals surface area contributed by atoms with Crippen molar-refractivity contribution in [2.24, 2.45) is 0 Å². The zero-order valence-corrected chi connectivity index (χ0v) is 11.7. The number of β-amino-alcohol motifs (C(OH)–C–C–N with tert-alkyl or cyclic N) is 1. The SMILES string of the molecule is CCCC1(O)CN(C(=O)C=Cc2ccccc2Cl)C1. The molecule has 4 heteroatoms. The van der Waals surface area contributed by atoms with E-state index in [1.807, 2.05) is 25.1 Å². The van der Waals surface area contributed by atoms with E-state index in [4.69, 9.17) is 11.6 Å². The molecule has 1 amide bonds. The molecular weight excluding hydrogens is 262 g/mol. The highest BCUT2D eigenvalue weighted by molar-refractivity contribution is 6.32. The number of carbonyl (C=O) groups is 1. The Labute approximate surface area is 118 Å². The van der Waals surface area contributed by atoms with Gasteiger partial charge in [0.25, 0.3) is 0 Å². The quantitative estimate of drug-likeness (QED) is 0.861. The number of hydrogen-bond donors (Lipinski definition) is 1. The Hall–Kier alpha value is -1.32. The molecule has 3 nitrogen and oxygen atoms in total. The number of likely N-dealkylation sites (tertiary alicyclic amines) is 1. The molecule has 0 unspecified atom stereocenters. The monoisotopic (exact) mass is 279 g/mol. The summed E-state index contributed by atoms with van der Waals surface area (Å²) in [6.45, 7) is 2.87. The molecule has 19 heavy (non-hydrogen) atoms. The number of benzene rings is 1. The van der Waals surface area contributed by atoms with Crippen molar-refractivity contribution in [2.45, 2.75) is 25.4 Å². The van der Waals surface area contributed by atoms with Crippen LogP contribution < -0.4 is 0 Å². The van der Waals surface area contributed by atoms with Crippen molar-refractivity contribution in [1.82, 2.24) is 4.90 Å². The summed E-state index contributed by atoms with van der Waals surface area (Å²) in [6.07, 6.45) is 4.88. The van der Waals surface area contributed by atoms with Gasteiger partial charge in [0.1, 0.15) is 0 Å². The Morgan fingerprint density at radius 3 is 2.79 bits per heavy atom. The molecule has 102 valence electrons. The second-order valence-electron chi connectivity index (χ2n) is 5.02. The number of halogens is 1. The molecule has 1 N–H and O–H groups in total. The van der Waals surface area contributed by atoms with E-state index < -0.39 is 5.60 Å². The maximum Gasteiger partial charge on any atom is 0.246 e. The van der Waals surface area contributed by atoms with Crippen LogP contribution in [0.1, 0.15) is 25.3 Å². The van der Waals surface area contributed by atoms with Gasteiger partial charge in [-0.2, -0.15) is 0 Å². The first kappa shape index (κ1) is 14.1. The molecule has 0 atom stereocenters. The van der Waals surface area contributed by atoms with Crippen LogP contribution in [0, 0.1) is 0 Å². The van der Waals surface area contributed by atoms with Crippen molar-refractivity contribution in [3.05, 3.63) is 40.9 Å². The number of rotatable bonds is 4. The maximum absolute atomic E-state index is 11.9. The predicted molar refractivity (Wildman–Crippen MR) is 76.9 cm³/mol. The van der Waals surface area contributed by atoms with Crippen LogP contribution in [0.4, 0.5) is 0 Å². The summed E-state index contributed by atoms with van der Waals surface area (Å²) in [7, 11) is 0. The lowest BCUT2D eigenvalue weighted by Crippen LogP contribution is -2.63. The standard InChI is InChI=1S/C15H18ClNO2/c1-2-9-15(19)10-17(11-15)14(18)8-7-12-5-3-4-6-13(12)16/h3-8,19H,2,9-11H2,1H3. The molecule has 1 aromatic rings. The molecule has 0 radical (unpaired) electrons.